The molecule has 2 rings (SSSR count). The van der Waals surface area contributed by atoms with Crippen molar-refractivity contribution in [2.24, 2.45) is 0 Å². The van der Waals surface area contributed by atoms with Crippen LogP contribution in [0.1, 0.15) is 35.2 Å². The lowest BCUT2D eigenvalue weighted by atomic mass is 9.94. The van der Waals surface area contributed by atoms with Gasteiger partial charge in [0.15, 0.2) is 0 Å². The van der Waals surface area contributed by atoms with Crippen LogP contribution in [0.3, 0.4) is 0 Å². The molecule has 2 heteroatoms. The number of hydrogen-bond acceptors (Lipinski definition) is 2. The van der Waals surface area contributed by atoms with Gasteiger partial charge in [0, 0.05) is 11.6 Å². The Labute approximate surface area is 109 Å². The van der Waals surface area contributed by atoms with Crippen molar-refractivity contribution in [3.05, 3.63) is 59.0 Å². The zero-order valence-corrected chi connectivity index (χ0v) is 11.4. The Morgan fingerprint density at radius 2 is 1.89 bits per heavy atom. The van der Waals surface area contributed by atoms with Gasteiger partial charge in [0.25, 0.3) is 0 Å². The molecule has 96 valence electrons. The standard InChI is InChI=1S/C16H21NO/c1-4-17-16(14-8-9-18-11-14)10-15-12(2)6-5-7-13(15)3/h5-9,11,16-17H,4,10H2,1-3H3. The number of likely N-dealkylation sites (N-methyl/N-ethyl adjacent to an activating group) is 1. The molecule has 0 saturated carbocycles. The minimum atomic E-state index is 0.327. The van der Waals surface area contributed by atoms with E-state index in [1.165, 1.54) is 22.3 Å². The van der Waals surface area contributed by atoms with E-state index >= 15 is 0 Å². The summed E-state index contributed by atoms with van der Waals surface area (Å²) in [5.74, 6) is 0. The first-order valence-corrected chi connectivity index (χ1v) is 6.53. The predicted molar refractivity (Wildman–Crippen MR) is 74.7 cm³/mol. The Morgan fingerprint density at radius 3 is 2.44 bits per heavy atom. The molecular weight excluding hydrogens is 222 g/mol. The van der Waals surface area contributed by atoms with Crippen LogP contribution in [0.5, 0.6) is 0 Å². The van der Waals surface area contributed by atoms with Crippen LogP contribution in [-0.2, 0) is 6.42 Å². The normalized spacial score (nSPS) is 12.6. The van der Waals surface area contributed by atoms with Crippen LogP contribution in [0.15, 0.2) is 41.2 Å². The number of aryl methyl sites for hydroxylation is 2. The second-order valence-corrected chi connectivity index (χ2v) is 4.74. The first-order chi connectivity index (χ1) is 8.72. The minimum absolute atomic E-state index is 0.327. The molecule has 1 heterocycles. The molecule has 0 bridgehead atoms. The van der Waals surface area contributed by atoms with Crippen LogP contribution in [0.2, 0.25) is 0 Å². The summed E-state index contributed by atoms with van der Waals surface area (Å²) in [6.45, 7) is 7.46. The lowest BCUT2D eigenvalue weighted by molar-refractivity contribution is 0.523. The first kappa shape index (κ1) is 12.9. The average Bonchev–Trinajstić information content (AvgIpc) is 2.86. The summed E-state index contributed by atoms with van der Waals surface area (Å²) in [4.78, 5) is 0. The van der Waals surface area contributed by atoms with E-state index in [4.69, 9.17) is 4.42 Å². The molecule has 0 amide bonds. The van der Waals surface area contributed by atoms with Gasteiger partial charge < -0.3 is 9.73 Å². The van der Waals surface area contributed by atoms with Crippen LogP contribution >= 0.6 is 0 Å². The van der Waals surface area contributed by atoms with Crippen molar-refractivity contribution < 1.29 is 4.42 Å². The molecule has 2 aromatic rings. The molecule has 0 aliphatic heterocycles. The molecular formula is C16H21NO. The molecule has 1 N–H and O–H groups in total. The van der Waals surface area contributed by atoms with Gasteiger partial charge in [0.05, 0.1) is 12.5 Å². The van der Waals surface area contributed by atoms with Crippen LogP contribution in [0.25, 0.3) is 0 Å². The highest BCUT2D eigenvalue weighted by atomic mass is 16.3. The average molecular weight is 243 g/mol. The van der Waals surface area contributed by atoms with Crippen LogP contribution in [0.4, 0.5) is 0 Å². The molecule has 0 aliphatic carbocycles. The second kappa shape index (κ2) is 5.87. The van der Waals surface area contributed by atoms with Crippen molar-refractivity contribution in [2.75, 3.05) is 6.54 Å². The molecule has 1 atom stereocenters. The van der Waals surface area contributed by atoms with Gasteiger partial charge in [-0.15, -0.1) is 0 Å². The number of benzene rings is 1. The van der Waals surface area contributed by atoms with Gasteiger partial charge in [-0.2, -0.15) is 0 Å². The molecule has 1 aromatic carbocycles. The molecule has 1 aromatic heterocycles. The fourth-order valence-electron chi connectivity index (χ4n) is 2.40. The summed E-state index contributed by atoms with van der Waals surface area (Å²) < 4.78 is 5.20. The zero-order chi connectivity index (χ0) is 13.0. The largest absolute Gasteiger partial charge is 0.472 e. The van der Waals surface area contributed by atoms with E-state index in [9.17, 15) is 0 Å². The molecule has 0 saturated heterocycles. The van der Waals surface area contributed by atoms with Crippen molar-refractivity contribution >= 4 is 0 Å². The predicted octanol–water partition coefficient (Wildman–Crippen LogP) is 3.79. The van der Waals surface area contributed by atoms with Crippen molar-refractivity contribution in [1.82, 2.24) is 5.32 Å². The lowest BCUT2D eigenvalue weighted by Gasteiger charge is -2.19. The molecule has 0 aliphatic rings. The maximum Gasteiger partial charge on any atom is 0.0950 e. The van der Waals surface area contributed by atoms with Gasteiger partial charge in [-0.05, 0) is 49.6 Å². The Morgan fingerprint density at radius 1 is 1.17 bits per heavy atom. The van der Waals surface area contributed by atoms with Gasteiger partial charge >= 0.3 is 0 Å². The Hall–Kier alpha value is -1.54. The van der Waals surface area contributed by atoms with Gasteiger partial charge in [-0.25, -0.2) is 0 Å². The van der Waals surface area contributed by atoms with E-state index in [1.54, 1.807) is 6.26 Å². The zero-order valence-electron chi connectivity index (χ0n) is 11.4. The summed E-state index contributed by atoms with van der Waals surface area (Å²) in [7, 11) is 0. The van der Waals surface area contributed by atoms with E-state index in [0.29, 0.717) is 6.04 Å². The third-order valence-electron chi connectivity index (χ3n) is 3.45. The number of hydrogen-bond donors (Lipinski definition) is 1. The van der Waals surface area contributed by atoms with Crippen LogP contribution in [-0.4, -0.2) is 6.54 Å². The van der Waals surface area contributed by atoms with Crippen molar-refractivity contribution in [3.63, 3.8) is 0 Å². The quantitative estimate of drug-likeness (QED) is 0.864. The fourth-order valence-corrected chi connectivity index (χ4v) is 2.40. The summed E-state index contributed by atoms with van der Waals surface area (Å²) in [5.41, 5.74) is 5.38. The molecule has 1 unspecified atom stereocenters. The van der Waals surface area contributed by atoms with Crippen LogP contribution in [0, 0.1) is 13.8 Å². The monoisotopic (exact) mass is 243 g/mol. The Bertz CT molecular complexity index is 468. The van der Waals surface area contributed by atoms with E-state index in [-0.39, 0.29) is 0 Å². The van der Waals surface area contributed by atoms with E-state index in [2.05, 4.69) is 44.3 Å². The Balaban J connectivity index is 2.24. The molecule has 2 nitrogen and oxygen atoms in total. The molecule has 0 radical (unpaired) electrons. The highest BCUT2D eigenvalue weighted by molar-refractivity contribution is 5.35. The third kappa shape index (κ3) is 2.82. The van der Waals surface area contributed by atoms with E-state index < -0.39 is 0 Å². The van der Waals surface area contributed by atoms with Crippen LogP contribution < -0.4 is 5.32 Å². The number of nitrogens with one attached hydrogen (secondary N) is 1. The van der Waals surface area contributed by atoms with Crippen molar-refractivity contribution in [1.29, 1.82) is 0 Å². The van der Waals surface area contributed by atoms with Gasteiger partial charge in [-0.1, -0.05) is 25.1 Å². The van der Waals surface area contributed by atoms with Gasteiger partial charge in [0.1, 0.15) is 0 Å². The summed E-state index contributed by atoms with van der Waals surface area (Å²) in [6.07, 6.45) is 4.58. The lowest BCUT2D eigenvalue weighted by Crippen LogP contribution is -2.23. The third-order valence-corrected chi connectivity index (χ3v) is 3.45. The Kier molecular flexibility index (Phi) is 4.21. The second-order valence-electron chi connectivity index (χ2n) is 4.74. The molecule has 0 spiro atoms. The maximum absolute atomic E-state index is 5.20. The minimum Gasteiger partial charge on any atom is -0.472 e. The summed E-state index contributed by atoms with van der Waals surface area (Å²) in [5, 5.41) is 3.53. The van der Waals surface area contributed by atoms with Crippen molar-refractivity contribution in [3.8, 4) is 0 Å². The van der Waals surface area contributed by atoms with E-state index in [0.717, 1.165) is 13.0 Å². The summed E-state index contributed by atoms with van der Waals surface area (Å²) in [6, 6.07) is 8.85. The number of rotatable bonds is 5. The van der Waals surface area contributed by atoms with Gasteiger partial charge in [0.2, 0.25) is 0 Å². The SMILES string of the molecule is CCNC(Cc1c(C)cccc1C)c1ccoc1. The number of furan rings is 1. The highest BCUT2D eigenvalue weighted by Gasteiger charge is 2.14. The first-order valence-electron chi connectivity index (χ1n) is 6.53. The summed E-state index contributed by atoms with van der Waals surface area (Å²) >= 11 is 0. The maximum atomic E-state index is 5.20. The van der Waals surface area contributed by atoms with E-state index in [1.807, 2.05) is 12.3 Å². The molecule has 0 fully saturated rings. The van der Waals surface area contributed by atoms with Crippen molar-refractivity contribution in [2.45, 2.75) is 33.2 Å². The smallest absolute Gasteiger partial charge is 0.0950 e. The topological polar surface area (TPSA) is 25.2 Å². The highest BCUT2D eigenvalue weighted by Crippen LogP contribution is 2.23. The fraction of sp³-hybridized carbons (Fsp3) is 0.375. The molecule has 18 heavy (non-hydrogen) atoms. The van der Waals surface area contributed by atoms with Gasteiger partial charge in [-0.3, -0.25) is 0 Å².